The van der Waals surface area contributed by atoms with Crippen LogP contribution in [0.15, 0.2) is 48.5 Å². The number of nitrogens with one attached hydrogen (secondary N) is 2. The zero-order valence-corrected chi connectivity index (χ0v) is 13.5. The first kappa shape index (κ1) is 15.5. The smallest absolute Gasteiger partial charge is 0.251 e. The summed E-state index contributed by atoms with van der Waals surface area (Å²) in [5, 5.41) is 9.75. The summed E-state index contributed by atoms with van der Waals surface area (Å²) in [6.07, 6.45) is 0. The van der Waals surface area contributed by atoms with Crippen LogP contribution >= 0.6 is 11.3 Å². The van der Waals surface area contributed by atoms with Crippen molar-refractivity contribution in [1.82, 2.24) is 10.2 Å². The zero-order valence-electron chi connectivity index (χ0n) is 12.7. The topological polar surface area (TPSA) is 67.0 Å². The molecule has 0 saturated heterocycles. The van der Waals surface area contributed by atoms with Crippen molar-refractivity contribution in [2.75, 3.05) is 11.9 Å². The number of H-pyrrole nitrogens is 1. The molecule has 3 rings (SSSR count). The standard InChI is InChI=1S/C17H17N3O2S/c1-12-7-8-15(23-12)14-9-16(20-19-14)18-17(21)11-22-10-13-5-3-2-4-6-13/h2-9H,10-11H2,1H3,(H2,18,19,20,21). The van der Waals surface area contributed by atoms with Gasteiger partial charge in [-0.25, -0.2) is 0 Å². The molecule has 2 aromatic heterocycles. The lowest BCUT2D eigenvalue weighted by Crippen LogP contribution is -2.18. The number of carbonyl (C=O) groups excluding carboxylic acids is 1. The molecule has 3 aromatic rings. The number of aromatic amines is 1. The molecule has 118 valence electrons. The molecule has 5 nitrogen and oxygen atoms in total. The maximum atomic E-state index is 11.9. The molecule has 2 heterocycles. The van der Waals surface area contributed by atoms with Crippen LogP contribution in [0.3, 0.4) is 0 Å². The van der Waals surface area contributed by atoms with Crippen molar-refractivity contribution < 1.29 is 9.53 Å². The first-order valence-corrected chi connectivity index (χ1v) is 8.06. The van der Waals surface area contributed by atoms with Crippen molar-refractivity contribution in [3.05, 3.63) is 59.0 Å². The van der Waals surface area contributed by atoms with E-state index in [4.69, 9.17) is 4.74 Å². The summed E-state index contributed by atoms with van der Waals surface area (Å²) in [7, 11) is 0. The number of aromatic nitrogens is 2. The average molecular weight is 327 g/mol. The Balaban J connectivity index is 1.49. The molecule has 0 unspecified atom stereocenters. The molecule has 0 aliphatic carbocycles. The minimum absolute atomic E-state index is 0.00476. The third-order valence-corrected chi connectivity index (χ3v) is 4.23. The highest BCUT2D eigenvalue weighted by atomic mass is 32.1. The van der Waals surface area contributed by atoms with Gasteiger partial charge in [-0.1, -0.05) is 30.3 Å². The van der Waals surface area contributed by atoms with Crippen molar-refractivity contribution in [2.24, 2.45) is 0 Å². The fourth-order valence-electron chi connectivity index (χ4n) is 2.11. The molecule has 2 N–H and O–H groups in total. The summed E-state index contributed by atoms with van der Waals surface area (Å²) in [5.74, 6) is 0.278. The van der Waals surface area contributed by atoms with E-state index in [0.29, 0.717) is 12.4 Å². The van der Waals surface area contributed by atoms with Gasteiger partial charge in [0.25, 0.3) is 5.91 Å². The number of ether oxygens (including phenoxy) is 1. The second kappa shape index (κ2) is 7.21. The number of thiophene rings is 1. The zero-order chi connectivity index (χ0) is 16.1. The Hall–Kier alpha value is -2.44. The van der Waals surface area contributed by atoms with Crippen molar-refractivity contribution >= 4 is 23.1 Å². The molecule has 23 heavy (non-hydrogen) atoms. The predicted octanol–water partition coefficient (Wildman–Crippen LogP) is 3.60. The maximum Gasteiger partial charge on any atom is 0.251 e. The first-order chi connectivity index (χ1) is 11.2. The van der Waals surface area contributed by atoms with Crippen LogP contribution in [0.2, 0.25) is 0 Å². The lowest BCUT2D eigenvalue weighted by molar-refractivity contribution is -0.121. The van der Waals surface area contributed by atoms with Gasteiger partial charge in [0.15, 0.2) is 5.82 Å². The molecular formula is C17H17N3O2S. The normalized spacial score (nSPS) is 10.7. The molecule has 0 aliphatic rings. The Morgan fingerprint density at radius 2 is 2.09 bits per heavy atom. The Morgan fingerprint density at radius 3 is 2.83 bits per heavy atom. The summed E-state index contributed by atoms with van der Waals surface area (Å²) in [4.78, 5) is 14.2. The van der Waals surface area contributed by atoms with E-state index < -0.39 is 0 Å². The van der Waals surface area contributed by atoms with Crippen LogP contribution < -0.4 is 5.32 Å². The summed E-state index contributed by atoms with van der Waals surface area (Å²) in [5.41, 5.74) is 1.93. The quantitative estimate of drug-likeness (QED) is 0.727. The molecular weight excluding hydrogens is 310 g/mol. The first-order valence-electron chi connectivity index (χ1n) is 7.24. The summed E-state index contributed by atoms with van der Waals surface area (Å²) >= 11 is 1.68. The van der Waals surface area contributed by atoms with E-state index in [-0.39, 0.29) is 12.5 Å². The number of benzene rings is 1. The Labute approximate surface area is 138 Å². The Kier molecular flexibility index (Phi) is 4.85. The number of rotatable bonds is 6. The second-order valence-electron chi connectivity index (χ2n) is 5.10. The Morgan fingerprint density at radius 1 is 1.26 bits per heavy atom. The van der Waals surface area contributed by atoms with Gasteiger partial charge in [0.2, 0.25) is 0 Å². The molecule has 0 spiro atoms. The molecule has 0 bridgehead atoms. The highest BCUT2D eigenvalue weighted by molar-refractivity contribution is 7.15. The minimum atomic E-state index is -0.221. The largest absolute Gasteiger partial charge is 0.367 e. The third-order valence-electron chi connectivity index (χ3n) is 3.20. The maximum absolute atomic E-state index is 11.9. The summed E-state index contributed by atoms with van der Waals surface area (Å²) in [6.45, 7) is 2.46. The summed E-state index contributed by atoms with van der Waals surface area (Å²) in [6, 6.07) is 15.6. The van der Waals surface area contributed by atoms with Crippen LogP contribution in [-0.2, 0) is 16.1 Å². The van der Waals surface area contributed by atoms with Crippen molar-refractivity contribution in [3.8, 4) is 10.6 Å². The molecule has 0 aliphatic heterocycles. The number of hydrogen-bond acceptors (Lipinski definition) is 4. The van der Waals surface area contributed by atoms with Gasteiger partial charge in [0, 0.05) is 10.9 Å². The van der Waals surface area contributed by atoms with Crippen LogP contribution in [0.4, 0.5) is 5.82 Å². The van der Waals surface area contributed by atoms with Gasteiger partial charge in [-0.15, -0.1) is 11.3 Å². The molecule has 1 aromatic carbocycles. The monoisotopic (exact) mass is 327 g/mol. The van der Waals surface area contributed by atoms with Gasteiger partial charge in [-0.2, -0.15) is 5.10 Å². The van der Waals surface area contributed by atoms with Crippen molar-refractivity contribution in [2.45, 2.75) is 13.5 Å². The van der Waals surface area contributed by atoms with Gasteiger partial charge in [0.05, 0.1) is 17.2 Å². The van der Waals surface area contributed by atoms with Gasteiger partial charge in [-0.05, 0) is 24.6 Å². The molecule has 0 saturated carbocycles. The number of hydrogen-bond donors (Lipinski definition) is 2. The van der Waals surface area contributed by atoms with Crippen LogP contribution in [-0.4, -0.2) is 22.7 Å². The lowest BCUT2D eigenvalue weighted by atomic mass is 10.2. The van der Waals surface area contributed by atoms with E-state index >= 15 is 0 Å². The lowest BCUT2D eigenvalue weighted by Gasteiger charge is -2.04. The van der Waals surface area contributed by atoms with Gasteiger partial charge < -0.3 is 10.1 Å². The number of aryl methyl sites for hydroxylation is 1. The van der Waals surface area contributed by atoms with Crippen molar-refractivity contribution in [1.29, 1.82) is 0 Å². The van der Waals surface area contributed by atoms with Crippen molar-refractivity contribution in [3.63, 3.8) is 0 Å². The van der Waals surface area contributed by atoms with Crippen LogP contribution in [0.25, 0.3) is 10.6 Å². The van der Waals surface area contributed by atoms with E-state index in [9.17, 15) is 4.79 Å². The summed E-state index contributed by atoms with van der Waals surface area (Å²) < 4.78 is 5.40. The highest BCUT2D eigenvalue weighted by Gasteiger charge is 2.08. The van der Waals surface area contributed by atoms with Crippen LogP contribution in [0.5, 0.6) is 0 Å². The fraction of sp³-hybridized carbons (Fsp3) is 0.176. The Bertz CT molecular complexity index is 780. The molecule has 0 radical (unpaired) electrons. The van der Waals surface area contributed by atoms with E-state index in [1.54, 1.807) is 11.3 Å². The number of nitrogens with zero attached hydrogens (tertiary/aromatic N) is 1. The molecule has 0 fully saturated rings. The number of amides is 1. The van der Waals surface area contributed by atoms with E-state index in [1.807, 2.05) is 42.5 Å². The molecule has 6 heteroatoms. The highest BCUT2D eigenvalue weighted by Crippen LogP contribution is 2.27. The van der Waals surface area contributed by atoms with E-state index in [1.165, 1.54) is 4.88 Å². The predicted molar refractivity (Wildman–Crippen MR) is 91.4 cm³/mol. The molecule has 1 amide bonds. The minimum Gasteiger partial charge on any atom is -0.367 e. The van der Waals surface area contributed by atoms with Crippen LogP contribution in [0.1, 0.15) is 10.4 Å². The second-order valence-corrected chi connectivity index (χ2v) is 6.39. The fourth-order valence-corrected chi connectivity index (χ4v) is 2.94. The van der Waals surface area contributed by atoms with E-state index in [2.05, 4.69) is 28.5 Å². The van der Waals surface area contributed by atoms with Crippen LogP contribution in [0, 0.1) is 6.92 Å². The third kappa shape index (κ3) is 4.28. The van der Waals surface area contributed by atoms with Gasteiger partial charge >= 0.3 is 0 Å². The molecule has 0 atom stereocenters. The number of carbonyl (C=O) groups is 1. The van der Waals surface area contributed by atoms with E-state index in [0.717, 1.165) is 16.1 Å². The SMILES string of the molecule is Cc1ccc(-c2cc(NC(=O)COCc3ccccc3)n[nH]2)s1. The average Bonchev–Trinajstić information content (AvgIpc) is 3.17. The van der Waals surface area contributed by atoms with Gasteiger partial charge in [0.1, 0.15) is 6.61 Å². The van der Waals surface area contributed by atoms with Gasteiger partial charge in [-0.3, -0.25) is 9.89 Å². The number of anilines is 1.